The van der Waals surface area contributed by atoms with Crippen LogP contribution < -0.4 is 0 Å². The second kappa shape index (κ2) is 13.4. The molecule has 2 aromatic heterocycles. The topological polar surface area (TPSA) is 51.6 Å². The van der Waals surface area contributed by atoms with Crippen LogP contribution in [0.1, 0.15) is 42.3 Å². The molecule has 4 heteroatoms. The Labute approximate surface area is 259 Å². The Morgan fingerprint density at radius 3 is 2.09 bits per heavy atom. The number of nitrogens with zero attached hydrogens (tertiary/aromatic N) is 4. The molecule has 44 heavy (non-hydrogen) atoms. The van der Waals surface area contributed by atoms with Gasteiger partial charge in [-0.05, 0) is 53.7 Å². The Morgan fingerprint density at radius 2 is 1.32 bits per heavy atom. The fourth-order valence-corrected chi connectivity index (χ4v) is 6.08. The summed E-state index contributed by atoms with van der Waals surface area (Å²) in [6.07, 6.45) is 9.99. The molecule has 0 fully saturated rings. The summed E-state index contributed by atoms with van der Waals surface area (Å²) < 4.78 is 0. The van der Waals surface area contributed by atoms with Gasteiger partial charge >= 0.3 is 0 Å². The van der Waals surface area contributed by atoms with E-state index in [2.05, 4.69) is 70.7 Å². The van der Waals surface area contributed by atoms with Crippen molar-refractivity contribution in [2.45, 2.75) is 33.1 Å². The maximum atomic E-state index is 4.94. The van der Waals surface area contributed by atoms with E-state index in [0.717, 1.165) is 34.7 Å². The first-order chi connectivity index (χ1) is 21.7. The Hall–Kier alpha value is -5.22. The molecule has 2 heterocycles. The third-order valence-electron chi connectivity index (χ3n) is 7.97. The van der Waals surface area contributed by atoms with Crippen molar-refractivity contribution < 1.29 is 0 Å². The molecule has 0 N–H and O–H groups in total. The van der Waals surface area contributed by atoms with Crippen LogP contribution in [0.3, 0.4) is 0 Å². The molecule has 0 bridgehead atoms. The van der Waals surface area contributed by atoms with Gasteiger partial charge in [-0.3, -0.25) is 4.98 Å². The lowest BCUT2D eigenvalue weighted by Gasteiger charge is -2.22. The van der Waals surface area contributed by atoms with Crippen LogP contribution >= 0.6 is 0 Å². The normalized spacial score (nSPS) is 16.0. The van der Waals surface area contributed by atoms with Crippen molar-refractivity contribution in [2.24, 2.45) is 5.92 Å². The van der Waals surface area contributed by atoms with Gasteiger partial charge in [0.05, 0.1) is 5.52 Å². The van der Waals surface area contributed by atoms with E-state index in [1.54, 1.807) is 0 Å². The summed E-state index contributed by atoms with van der Waals surface area (Å²) >= 11 is 0. The molecule has 0 saturated carbocycles. The molecule has 8 rings (SSSR count). The number of rotatable bonds is 3. The molecule has 0 saturated heterocycles. The van der Waals surface area contributed by atoms with E-state index in [9.17, 15) is 0 Å². The zero-order valence-electron chi connectivity index (χ0n) is 25.4. The Balaban J connectivity index is 0.000000380. The lowest BCUT2D eigenvalue weighted by atomic mass is 9.82. The number of aryl methyl sites for hydroxylation is 1. The first-order valence-corrected chi connectivity index (χ1v) is 15.4. The number of hydrogen-bond acceptors (Lipinski definition) is 4. The summed E-state index contributed by atoms with van der Waals surface area (Å²) in [6, 6.07) is 39.2. The fraction of sp³-hybridized carbons (Fsp3) is 0.150. The molecule has 0 spiro atoms. The quantitative estimate of drug-likeness (QED) is 0.212. The second-order valence-corrected chi connectivity index (χ2v) is 10.7. The summed E-state index contributed by atoms with van der Waals surface area (Å²) in [5.74, 6) is 2.91. The van der Waals surface area contributed by atoms with Crippen molar-refractivity contribution in [3.05, 3.63) is 162 Å². The van der Waals surface area contributed by atoms with E-state index >= 15 is 0 Å². The van der Waals surface area contributed by atoms with Crippen molar-refractivity contribution >= 4 is 16.5 Å². The number of pyridine rings is 1. The molecule has 4 nitrogen and oxygen atoms in total. The molecule has 216 valence electrons. The summed E-state index contributed by atoms with van der Waals surface area (Å²) in [6.45, 7) is 5.94. The maximum Gasteiger partial charge on any atom is 0.164 e. The average molecular weight is 573 g/mol. The van der Waals surface area contributed by atoms with Gasteiger partial charge in [0, 0.05) is 28.6 Å². The highest BCUT2D eigenvalue weighted by Gasteiger charge is 2.34. The van der Waals surface area contributed by atoms with Gasteiger partial charge in [0.15, 0.2) is 11.6 Å². The van der Waals surface area contributed by atoms with Crippen molar-refractivity contribution in [1.29, 1.82) is 0 Å². The molecule has 2 unspecified atom stereocenters. The Morgan fingerprint density at radius 1 is 0.636 bits per heavy atom. The Bertz CT molecular complexity index is 1890. The molecular weight excluding hydrogens is 536 g/mol. The van der Waals surface area contributed by atoms with E-state index in [0.29, 0.717) is 11.7 Å². The first kappa shape index (κ1) is 28.9. The summed E-state index contributed by atoms with van der Waals surface area (Å²) in [5, 5.41) is 1.18. The Kier molecular flexibility index (Phi) is 8.79. The minimum atomic E-state index is 0.278. The average Bonchev–Trinajstić information content (AvgIpc) is 3.48. The van der Waals surface area contributed by atoms with E-state index in [-0.39, 0.29) is 5.92 Å². The minimum Gasteiger partial charge on any atom is -0.256 e. The number of allylic oxidation sites excluding steroid dienone is 4. The van der Waals surface area contributed by atoms with Crippen LogP contribution in [0.15, 0.2) is 140 Å². The molecule has 2 atom stereocenters. The van der Waals surface area contributed by atoms with E-state index < -0.39 is 0 Å². The number of benzene rings is 4. The highest BCUT2D eigenvalue weighted by Crippen LogP contribution is 2.48. The fourth-order valence-electron chi connectivity index (χ4n) is 6.08. The van der Waals surface area contributed by atoms with E-state index in [4.69, 9.17) is 9.97 Å². The maximum absolute atomic E-state index is 4.94. The van der Waals surface area contributed by atoms with E-state index in [1.165, 1.54) is 27.6 Å². The zero-order chi connectivity index (χ0) is 30.3. The van der Waals surface area contributed by atoms with Gasteiger partial charge < -0.3 is 0 Å². The van der Waals surface area contributed by atoms with Gasteiger partial charge in [0.25, 0.3) is 0 Å². The molecule has 0 radical (unpaired) electrons. The van der Waals surface area contributed by atoms with Gasteiger partial charge in [-0.2, -0.15) is 0 Å². The van der Waals surface area contributed by atoms with Crippen LogP contribution in [0.2, 0.25) is 0 Å². The molecule has 2 aliphatic carbocycles. The second-order valence-electron chi connectivity index (χ2n) is 10.7. The highest BCUT2D eigenvalue weighted by atomic mass is 15.0. The lowest BCUT2D eigenvalue weighted by molar-refractivity contribution is 0.632. The highest BCUT2D eigenvalue weighted by molar-refractivity contribution is 5.95. The monoisotopic (exact) mass is 572 g/mol. The van der Waals surface area contributed by atoms with Crippen LogP contribution in [0.5, 0.6) is 0 Å². The number of fused-ring (bicyclic) bond motifs is 4. The molecule has 6 aromatic rings. The SMILES string of the molecule is CC.Cc1nc(-c2ccccc2)nc(-c2cccc3c2C2C=C(c4cccc5ncccc45)C=CC2C3)n1.c1ccccc1. The standard InChI is InChI=1S/C32H24N4.C6H6.C2H6/c1-20-34-31(21-8-3-2-4-9-21)36-32(35-20)27-12-5-10-24-18-22-15-16-23(19-28(22)30(24)27)25-11-6-14-29-26(25)13-7-17-33-29;1-2-4-6-5-3-1;1-2/h2-17,19,22,28H,18H2,1H3;1-6H;1-2H3. The van der Waals surface area contributed by atoms with Crippen molar-refractivity contribution in [3.63, 3.8) is 0 Å². The third-order valence-corrected chi connectivity index (χ3v) is 7.97. The number of hydrogen-bond donors (Lipinski definition) is 0. The summed E-state index contributed by atoms with van der Waals surface area (Å²) in [5.41, 5.74) is 8.32. The van der Waals surface area contributed by atoms with Crippen LogP contribution in [0, 0.1) is 12.8 Å². The molecular formula is C40H36N4. The summed E-state index contributed by atoms with van der Waals surface area (Å²) in [7, 11) is 0. The molecule has 0 aliphatic heterocycles. The number of aromatic nitrogens is 4. The summed E-state index contributed by atoms with van der Waals surface area (Å²) in [4.78, 5) is 18.9. The molecule has 2 aliphatic rings. The minimum absolute atomic E-state index is 0.278. The molecule has 0 amide bonds. The van der Waals surface area contributed by atoms with Gasteiger partial charge in [0.1, 0.15) is 5.82 Å². The van der Waals surface area contributed by atoms with Gasteiger partial charge in [0.2, 0.25) is 0 Å². The van der Waals surface area contributed by atoms with Crippen molar-refractivity contribution in [3.8, 4) is 22.8 Å². The van der Waals surface area contributed by atoms with Crippen LogP contribution in [0.25, 0.3) is 39.3 Å². The first-order valence-electron chi connectivity index (χ1n) is 15.4. The largest absolute Gasteiger partial charge is 0.256 e. The molecule has 4 aromatic carbocycles. The van der Waals surface area contributed by atoms with Crippen LogP contribution in [-0.2, 0) is 6.42 Å². The van der Waals surface area contributed by atoms with Gasteiger partial charge in [-0.1, -0.05) is 135 Å². The lowest BCUT2D eigenvalue weighted by Crippen LogP contribution is -2.08. The predicted molar refractivity (Wildman–Crippen MR) is 182 cm³/mol. The van der Waals surface area contributed by atoms with Gasteiger partial charge in [-0.25, -0.2) is 15.0 Å². The predicted octanol–water partition coefficient (Wildman–Crippen LogP) is 9.68. The zero-order valence-corrected chi connectivity index (χ0v) is 25.4. The van der Waals surface area contributed by atoms with Gasteiger partial charge in [-0.15, -0.1) is 0 Å². The van der Waals surface area contributed by atoms with Crippen molar-refractivity contribution in [1.82, 2.24) is 19.9 Å². The smallest absolute Gasteiger partial charge is 0.164 e. The third kappa shape index (κ3) is 5.97. The van der Waals surface area contributed by atoms with Crippen LogP contribution in [0.4, 0.5) is 0 Å². The van der Waals surface area contributed by atoms with E-state index in [1.807, 2.05) is 99.8 Å². The van der Waals surface area contributed by atoms with Crippen molar-refractivity contribution in [2.75, 3.05) is 0 Å². The van der Waals surface area contributed by atoms with Crippen LogP contribution in [-0.4, -0.2) is 19.9 Å².